The summed E-state index contributed by atoms with van der Waals surface area (Å²) in [7, 11) is -3.75. The number of hydrogen-bond donors (Lipinski definition) is 2. The zero-order valence-electron chi connectivity index (χ0n) is 17.1. The number of morpholine rings is 1. The predicted molar refractivity (Wildman–Crippen MR) is 109 cm³/mol. The first-order valence-corrected chi connectivity index (χ1v) is 11.4. The molecule has 1 saturated heterocycles. The van der Waals surface area contributed by atoms with E-state index in [0.717, 1.165) is 11.1 Å². The largest absolute Gasteiger partial charge is 0.394 e. The van der Waals surface area contributed by atoms with Crippen molar-refractivity contribution in [3.05, 3.63) is 46.3 Å². The highest BCUT2D eigenvalue weighted by molar-refractivity contribution is 7.89. The van der Waals surface area contributed by atoms with E-state index in [2.05, 4.69) is 10.2 Å². The minimum absolute atomic E-state index is 0.123. The zero-order valence-corrected chi connectivity index (χ0v) is 17.9. The van der Waals surface area contributed by atoms with E-state index in [9.17, 15) is 18.3 Å². The third kappa shape index (κ3) is 3.53. The Morgan fingerprint density at radius 3 is 2.83 bits per heavy atom. The summed E-state index contributed by atoms with van der Waals surface area (Å²) >= 11 is 0. The van der Waals surface area contributed by atoms with Gasteiger partial charge >= 0.3 is 0 Å². The van der Waals surface area contributed by atoms with Crippen molar-refractivity contribution >= 4 is 15.9 Å². The average molecular weight is 435 g/mol. The number of aliphatic hydroxyl groups excluding tert-OH is 1. The number of carbonyl (C=O) groups excluding carboxylic acids is 1. The Labute approximate surface area is 175 Å². The van der Waals surface area contributed by atoms with Crippen molar-refractivity contribution in [1.82, 2.24) is 19.4 Å². The molecular formula is C20H26N4O5S. The fourth-order valence-corrected chi connectivity index (χ4v) is 5.98. The summed E-state index contributed by atoms with van der Waals surface area (Å²) in [6, 6.07) is 5.10. The Hall–Kier alpha value is -2.27. The van der Waals surface area contributed by atoms with Crippen LogP contribution in [0.2, 0.25) is 0 Å². The summed E-state index contributed by atoms with van der Waals surface area (Å²) in [5, 5.41) is 16.4. The number of aryl methyl sites for hydroxylation is 2. The van der Waals surface area contributed by atoms with Crippen LogP contribution in [0, 0.1) is 13.8 Å². The van der Waals surface area contributed by atoms with E-state index in [4.69, 9.17) is 4.74 Å². The number of fused-ring (bicyclic) bond motifs is 1. The molecule has 2 aromatic rings. The van der Waals surface area contributed by atoms with E-state index in [-0.39, 0.29) is 30.6 Å². The van der Waals surface area contributed by atoms with Crippen LogP contribution >= 0.6 is 0 Å². The van der Waals surface area contributed by atoms with E-state index < -0.39 is 16.1 Å². The van der Waals surface area contributed by atoms with Gasteiger partial charge in [-0.25, -0.2) is 8.42 Å². The summed E-state index contributed by atoms with van der Waals surface area (Å²) in [6.07, 6.45) is 0.526. The molecule has 1 aromatic carbocycles. The van der Waals surface area contributed by atoms with Crippen LogP contribution in [0.3, 0.4) is 0 Å². The Morgan fingerprint density at radius 1 is 1.33 bits per heavy atom. The molecular weight excluding hydrogens is 408 g/mol. The van der Waals surface area contributed by atoms with Crippen molar-refractivity contribution in [3.8, 4) is 0 Å². The molecule has 2 N–H and O–H groups in total. The van der Waals surface area contributed by atoms with Gasteiger partial charge in [-0.1, -0.05) is 12.1 Å². The van der Waals surface area contributed by atoms with Crippen molar-refractivity contribution in [2.24, 2.45) is 0 Å². The number of H-pyrrole nitrogens is 1. The molecule has 9 nitrogen and oxygen atoms in total. The van der Waals surface area contributed by atoms with Gasteiger partial charge in [-0.2, -0.15) is 9.40 Å². The van der Waals surface area contributed by atoms with E-state index in [0.29, 0.717) is 43.1 Å². The Kier molecular flexibility index (Phi) is 5.67. The first-order valence-electron chi connectivity index (χ1n) is 9.96. The molecule has 0 aliphatic carbocycles. The van der Waals surface area contributed by atoms with Gasteiger partial charge in [-0.3, -0.25) is 9.89 Å². The number of aromatic nitrogens is 2. The van der Waals surface area contributed by atoms with Crippen LogP contribution in [0.5, 0.6) is 0 Å². The summed E-state index contributed by atoms with van der Waals surface area (Å²) in [4.78, 5) is 15.1. The number of benzene rings is 1. The van der Waals surface area contributed by atoms with Crippen LogP contribution in [-0.2, 0) is 27.7 Å². The van der Waals surface area contributed by atoms with Crippen LogP contribution in [0.1, 0.15) is 32.9 Å². The van der Waals surface area contributed by atoms with Crippen LogP contribution in [-0.4, -0.2) is 77.8 Å². The van der Waals surface area contributed by atoms with Crippen LogP contribution < -0.4 is 0 Å². The van der Waals surface area contributed by atoms with E-state index in [1.807, 2.05) is 12.1 Å². The molecule has 1 aromatic heterocycles. The third-order valence-corrected chi connectivity index (χ3v) is 7.94. The molecule has 30 heavy (non-hydrogen) atoms. The number of aliphatic hydroxyl groups is 1. The van der Waals surface area contributed by atoms with Crippen molar-refractivity contribution < 1.29 is 23.1 Å². The number of aromatic amines is 1. The smallest absolute Gasteiger partial charge is 0.254 e. The molecule has 162 valence electrons. The lowest BCUT2D eigenvalue weighted by Gasteiger charge is -2.36. The van der Waals surface area contributed by atoms with Crippen molar-refractivity contribution in [2.45, 2.75) is 37.8 Å². The lowest BCUT2D eigenvalue weighted by molar-refractivity contribution is -0.0184. The molecule has 0 saturated carbocycles. The fourth-order valence-electron chi connectivity index (χ4n) is 4.24. The number of nitrogens with zero attached hydrogens (tertiary/aromatic N) is 3. The van der Waals surface area contributed by atoms with Gasteiger partial charge in [0, 0.05) is 25.2 Å². The van der Waals surface area contributed by atoms with Crippen molar-refractivity contribution in [3.63, 3.8) is 0 Å². The van der Waals surface area contributed by atoms with Gasteiger partial charge in [-0.05, 0) is 37.5 Å². The third-order valence-electron chi connectivity index (χ3n) is 5.83. The Morgan fingerprint density at radius 2 is 2.13 bits per heavy atom. The SMILES string of the molecule is Cc1n[nH]c(C)c1S(=O)(=O)N1CCc2cccc(C(=O)N3CCOCC3CO)c2C1. The molecule has 1 atom stereocenters. The fraction of sp³-hybridized carbons (Fsp3) is 0.500. The van der Waals surface area contributed by atoms with Crippen LogP contribution in [0.4, 0.5) is 0 Å². The topological polar surface area (TPSA) is 116 Å². The van der Waals surface area contributed by atoms with E-state index >= 15 is 0 Å². The van der Waals surface area contributed by atoms with Gasteiger partial charge in [-0.15, -0.1) is 0 Å². The molecule has 0 spiro atoms. The number of amides is 1. The second kappa shape index (κ2) is 8.10. The molecule has 1 unspecified atom stereocenters. The molecule has 4 rings (SSSR count). The molecule has 2 aliphatic rings. The second-order valence-corrected chi connectivity index (χ2v) is 9.58. The number of sulfonamides is 1. The average Bonchev–Trinajstić information content (AvgIpc) is 3.11. The van der Waals surface area contributed by atoms with Crippen molar-refractivity contribution in [1.29, 1.82) is 0 Å². The predicted octanol–water partition coefficient (Wildman–Crippen LogP) is 0.607. The Bertz CT molecular complexity index is 1050. The molecule has 1 fully saturated rings. The number of nitrogens with one attached hydrogen (secondary N) is 1. The van der Waals surface area contributed by atoms with E-state index in [1.165, 1.54) is 4.31 Å². The number of ether oxygens (including phenoxy) is 1. The molecule has 1 amide bonds. The van der Waals surface area contributed by atoms with Gasteiger partial charge in [0.25, 0.3) is 5.91 Å². The monoisotopic (exact) mass is 434 g/mol. The second-order valence-electron chi connectivity index (χ2n) is 7.70. The maximum absolute atomic E-state index is 13.3. The molecule has 0 radical (unpaired) electrons. The van der Waals surface area contributed by atoms with Gasteiger partial charge in [0.1, 0.15) is 4.90 Å². The zero-order chi connectivity index (χ0) is 21.5. The Balaban J connectivity index is 1.68. The maximum Gasteiger partial charge on any atom is 0.254 e. The minimum atomic E-state index is -3.75. The molecule has 3 heterocycles. The summed E-state index contributed by atoms with van der Waals surface area (Å²) in [5.74, 6) is -0.205. The highest BCUT2D eigenvalue weighted by Gasteiger charge is 2.35. The standard InChI is InChI=1S/C20H26N4O5S/c1-13-19(14(2)22-21-13)30(27,28)23-7-6-15-4-3-5-17(18(15)10-23)20(26)24-8-9-29-12-16(24)11-25/h3-5,16,25H,6-12H2,1-2H3,(H,21,22). The normalized spacial score (nSPS) is 20.2. The quantitative estimate of drug-likeness (QED) is 0.728. The highest BCUT2D eigenvalue weighted by atomic mass is 32.2. The maximum atomic E-state index is 13.3. The van der Waals surface area contributed by atoms with Gasteiger partial charge in [0.2, 0.25) is 10.0 Å². The lowest BCUT2D eigenvalue weighted by Crippen LogP contribution is -2.51. The highest BCUT2D eigenvalue weighted by Crippen LogP contribution is 2.30. The number of rotatable bonds is 4. The first-order chi connectivity index (χ1) is 14.3. The van der Waals surface area contributed by atoms with Gasteiger partial charge < -0.3 is 14.7 Å². The summed E-state index contributed by atoms with van der Waals surface area (Å²) in [5.41, 5.74) is 3.11. The molecule has 2 aliphatic heterocycles. The number of carbonyl (C=O) groups is 1. The minimum Gasteiger partial charge on any atom is -0.394 e. The lowest BCUT2D eigenvalue weighted by atomic mass is 9.95. The van der Waals surface area contributed by atoms with Gasteiger partial charge in [0.05, 0.1) is 37.3 Å². The molecule has 10 heteroatoms. The first kappa shape index (κ1) is 21.0. The van der Waals surface area contributed by atoms with Gasteiger partial charge in [0.15, 0.2) is 0 Å². The molecule has 0 bridgehead atoms. The summed E-state index contributed by atoms with van der Waals surface area (Å²) < 4.78 is 33.4. The van der Waals surface area contributed by atoms with Crippen LogP contribution in [0.25, 0.3) is 0 Å². The van der Waals surface area contributed by atoms with Crippen LogP contribution in [0.15, 0.2) is 23.1 Å². The van der Waals surface area contributed by atoms with Crippen molar-refractivity contribution in [2.75, 3.05) is 32.9 Å². The summed E-state index contributed by atoms with van der Waals surface area (Å²) in [6.45, 7) is 4.73. The van der Waals surface area contributed by atoms with E-state index in [1.54, 1.807) is 24.8 Å². The number of hydrogen-bond acceptors (Lipinski definition) is 6.